The van der Waals surface area contributed by atoms with E-state index in [1.54, 1.807) is 0 Å². The van der Waals surface area contributed by atoms with Gasteiger partial charge in [-0.2, -0.15) is 0 Å². The fraction of sp³-hybridized carbons (Fsp3) is 0.611. The summed E-state index contributed by atoms with van der Waals surface area (Å²) >= 11 is 5.95. The van der Waals surface area contributed by atoms with Crippen molar-refractivity contribution in [3.8, 4) is 0 Å². The molecule has 4 atom stereocenters. The van der Waals surface area contributed by atoms with Crippen molar-refractivity contribution in [2.24, 2.45) is 17.6 Å². The van der Waals surface area contributed by atoms with Crippen LogP contribution in [0.1, 0.15) is 44.6 Å². The number of hydrogen-bond acceptors (Lipinski definition) is 2. The largest absolute Gasteiger partial charge is 0.342 e. The van der Waals surface area contributed by atoms with Crippen LogP contribution in [-0.4, -0.2) is 30.4 Å². The van der Waals surface area contributed by atoms with Crippen LogP contribution >= 0.6 is 11.6 Å². The highest BCUT2D eigenvalue weighted by molar-refractivity contribution is 6.30. The quantitative estimate of drug-likeness (QED) is 0.899. The van der Waals surface area contributed by atoms with Gasteiger partial charge in [0.25, 0.3) is 0 Å². The highest BCUT2D eigenvalue weighted by Gasteiger charge is 2.35. The first-order chi connectivity index (χ1) is 10.5. The Morgan fingerprint density at radius 2 is 1.95 bits per heavy atom. The molecule has 2 N–H and O–H groups in total. The SMILES string of the molecule is CC(c1ccc(Cl)cc1)C(C)N(C)C(=O)[C@@H]1CCC[C@@H]1CN. The van der Waals surface area contributed by atoms with Crippen molar-refractivity contribution >= 4 is 17.5 Å². The van der Waals surface area contributed by atoms with E-state index < -0.39 is 0 Å². The van der Waals surface area contributed by atoms with Gasteiger partial charge < -0.3 is 10.6 Å². The van der Waals surface area contributed by atoms with Crippen molar-refractivity contribution in [3.05, 3.63) is 34.9 Å². The topological polar surface area (TPSA) is 46.3 Å². The number of halogens is 1. The predicted octanol–water partition coefficient (Wildman–Crippen LogP) is 3.67. The molecule has 1 fully saturated rings. The van der Waals surface area contributed by atoms with Crippen molar-refractivity contribution in [3.63, 3.8) is 0 Å². The molecule has 0 aromatic heterocycles. The Hall–Kier alpha value is -1.06. The van der Waals surface area contributed by atoms with E-state index in [1.807, 2.05) is 36.2 Å². The van der Waals surface area contributed by atoms with Gasteiger partial charge in [-0.3, -0.25) is 4.79 Å². The summed E-state index contributed by atoms with van der Waals surface area (Å²) in [7, 11) is 1.92. The number of likely N-dealkylation sites (N-methyl/N-ethyl adjacent to an activating group) is 1. The van der Waals surface area contributed by atoms with Crippen LogP contribution in [0, 0.1) is 11.8 Å². The molecule has 3 nitrogen and oxygen atoms in total. The molecular formula is C18H27ClN2O. The fourth-order valence-corrected chi connectivity index (χ4v) is 3.61. The number of hydrogen-bond donors (Lipinski definition) is 1. The van der Waals surface area contributed by atoms with E-state index in [9.17, 15) is 4.79 Å². The van der Waals surface area contributed by atoms with Crippen LogP contribution in [0.5, 0.6) is 0 Å². The molecule has 0 heterocycles. The second-order valence-corrected chi connectivity index (χ2v) is 7.00. The standard InChI is InChI=1S/C18H27ClN2O/c1-12(14-7-9-16(19)10-8-14)13(2)21(3)18(22)17-6-4-5-15(17)11-20/h7-10,12-13,15,17H,4-6,11,20H2,1-3H3/t12?,13?,15-,17-/m1/s1. The number of carbonyl (C=O) groups is 1. The molecule has 1 aromatic carbocycles. The minimum Gasteiger partial charge on any atom is -0.342 e. The van der Waals surface area contributed by atoms with Crippen LogP contribution in [0.4, 0.5) is 0 Å². The van der Waals surface area contributed by atoms with Gasteiger partial charge in [-0.05, 0) is 49.9 Å². The third kappa shape index (κ3) is 3.64. The maximum Gasteiger partial charge on any atom is 0.226 e. The van der Waals surface area contributed by atoms with E-state index in [-0.39, 0.29) is 23.8 Å². The van der Waals surface area contributed by atoms with Crippen molar-refractivity contribution in [1.29, 1.82) is 0 Å². The first-order valence-corrected chi connectivity index (χ1v) is 8.55. The van der Waals surface area contributed by atoms with Gasteiger partial charge in [0, 0.05) is 29.9 Å². The van der Waals surface area contributed by atoms with E-state index in [0.29, 0.717) is 12.5 Å². The number of benzene rings is 1. The summed E-state index contributed by atoms with van der Waals surface area (Å²) in [6, 6.07) is 8.04. The first-order valence-electron chi connectivity index (χ1n) is 8.18. The third-order valence-electron chi connectivity index (χ3n) is 5.36. The number of amides is 1. The van der Waals surface area contributed by atoms with Crippen molar-refractivity contribution in [2.45, 2.75) is 45.1 Å². The number of rotatable bonds is 5. The molecule has 1 aromatic rings. The zero-order valence-electron chi connectivity index (χ0n) is 13.8. The maximum absolute atomic E-state index is 12.8. The number of carbonyl (C=O) groups excluding carboxylic acids is 1. The average Bonchev–Trinajstić information content (AvgIpc) is 3.01. The molecule has 1 aliphatic rings. The monoisotopic (exact) mass is 322 g/mol. The molecule has 1 saturated carbocycles. The molecule has 2 unspecified atom stereocenters. The predicted molar refractivity (Wildman–Crippen MR) is 92.0 cm³/mol. The van der Waals surface area contributed by atoms with Gasteiger partial charge in [0.2, 0.25) is 5.91 Å². The third-order valence-corrected chi connectivity index (χ3v) is 5.61. The van der Waals surface area contributed by atoms with Crippen LogP contribution in [0.2, 0.25) is 5.02 Å². The molecule has 0 aliphatic heterocycles. The highest BCUT2D eigenvalue weighted by atomic mass is 35.5. The zero-order valence-corrected chi connectivity index (χ0v) is 14.5. The summed E-state index contributed by atoms with van der Waals surface area (Å²) in [5.74, 6) is 0.980. The van der Waals surface area contributed by atoms with Crippen molar-refractivity contribution < 1.29 is 4.79 Å². The summed E-state index contributed by atoms with van der Waals surface area (Å²) in [6.07, 6.45) is 3.18. The summed E-state index contributed by atoms with van der Waals surface area (Å²) < 4.78 is 0. The molecule has 0 radical (unpaired) electrons. The Bertz CT molecular complexity index is 502. The van der Waals surface area contributed by atoms with Crippen LogP contribution in [-0.2, 0) is 4.79 Å². The molecular weight excluding hydrogens is 296 g/mol. The van der Waals surface area contributed by atoms with Gasteiger partial charge in [0.05, 0.1) is 0 Å². The minimum absolute atomic E-state index is 0.106. The lowest BCUT2D eigenvalue weighted by Crippen LogP contribution is -2.43. The lowest BCUT2D eigenvalue weighted by molar-refractivity contribution is -0.137. The highest BCUT2D eigenvalue weighted by Crippen LogP contribution is 2.33. The van der Waals surface area contributed by atoms with Gasteiger partial charge in [-0.15, -0.1) is 0 Å². The Morgan fingerprint density at radius 3 is 2.55 bits per heavy atom. The molecule has 2 rings (SSSR count). The number of nitrogens with zero attached hydrogens (tertiary/aromatic N) is 1. The first kappa shape index (κ1) is 17.3. The van der Waals surface area contributed by atoms with E-state index in [2.05, 4.69) is 13.8 Å². The Labute approximate surface area is 138 Å². The van der Waals surface area contributed by atoms with Gasteiger partial charge in [0.15, 0.2) is 0 Å². The molecule has 22 heavy (non-hydrogen) atoms. The number of nitrogens with two attached hydrogens (primary N) is 1. The van der Waals surface area contributed by atoms with Crippen LogP contribution in [0.3, 0.4) is 0 Å². The van der Waals surface area contributed by atoms with Gasteiger partial charge in [-0.25, -0.2) is 0 Å². The van der Waals surface area contributed by atoms with Gasteiger partial charge in [0.1, 0.15) is 0 Å². The van der Waals surface area contributed by atoms with Crippen molar-refractivity contribution in [1.82, 2.24) is 4.90 Å². The average molecular weight is 323 g/mol. The fourth-order valence-electron chi connectivity index (χ4n) is 3.49. The summed E-state index contributed by atoms with van der Waals surface area (Å²) in [5.41, 5.74) is 7.03. The smallest absolute Gasteiger partial charge is 0.226 e. The summed E-state index contributed by atoms with van der Waals surface area (Å²) in [4.78, 5) is 14.7. The van der Waals surface area contributed by atoms with Crippen LogP contribution in [0.15, 0.2) is 24.3 Å². The van der Waals surface area contributed by atoms with E-state index in [0.717, 1.165) is 24.3 Å². The Morgan fingerprint density at radius 1 is 1.32 bits per heavy atom. The minimum atomic E-state index is 0.106. The molecule has 0 spiro atoms. The molecule has 1 amide bonds. The second kappa shape index (κ2) is 7.47. The lowest BCUT2D eigenvalue weighted by Gasteiger charge is -2.33. The molecule has 1 aliphatic carbocycles. The second-order valence-electron chi connectivity index (χ2n) is 6.56. The normalized spacial score (nSPS) is 24.0. The summed E-state index contributed by atoms with van der Waals surface area (Å²) in [5, 5.41) is 0.741. The van der Waals surface area contributed by atoms with Crippen molar-refractivity contribution in [2.75, 3.05) is 13.6 Å². The zero-order chi connectivity index (χ0) is 16.3. The van der Waals surface area contributed by atoms with E-state index in [4.69, 9.17) is 17.3 Å². The molecule has 4 heteroatoms. The Kier molecular flexibility index (Phi) is 5.87. The van der Waals surface area contributed by atoms with E-state index >= 15 is 0 Å². The molecule has 0 saturated heterocycles. The Balaban J connectivity index is 2.05. The van der Waals surface area contributed by atoms with Crippen LogP contribution in [0.25, 0.3) is 0 Å². The molecule has 0 bridgehead atoms. The molecule has 122 valence electrons. The van der Waals surface area contributed by atoms with Gasteiger partial charge >= 0.3 is 0 Å². The summed E-state index contributed by atoms with van der Waals surface area (Å²) in [6.45, 7) is 4.89. The van der Waals surface area contributed by atoms with Crippen LogP contribution < -0.4 is 5.73 Å². The lowest BCUT2D eigenvalue weighted by atomic mass is 9.90. The van der Waals surface area contributed by atoms with E-state index in [1.165, 1.54) is 5.56 Å². The van der Waals surface area contributed by atoms with Gasteiger partial charge in [-0.1, -0.05) is 37.1 Å². The maximum atomic E-state index is 12.8.